The van der Waals surface area contributed by atoms with Gasteiger partial charge in [0.2, 0.25) is 0 Å². The summed E-state index contributed by atoms with van der Waals surface area (Å²) in [6.07, 6.45) is -2.26. The molecular formula is C19H17OPS. The SMILES string of the molecule is S=P(OCc1ccccc1)(c1ccccc1)c1ccccc1. The summed E-state index contributed by atoms with van der Waals surface area (Å²) in [5.41, 5.74) is 1.14. The average molecular weight is 324 g/mol. The lowest BCUT2D eigenvalue weighted by Gasteiger charge is -2.23. The van der Waals surface area contributed by atoms with Crippen LogP contribution in [0.15, 0.2) is 91.0 Å². The molecule has 0 saturated heterocycles. The molecule has 0 spiro atoms. The van der Waals surface area contributed by atoms with Crippen LogP contribution in [0.2, 0.25) is 0 Å². The van der Waals surface area contributed by atoms with E-state index in [9.17, 15) is 0 Å². The third-order valence-corrected chi connectivity index (χ3v) is 7.48. The van der Waals surface area contributed by atoms with Crippen LogP contribution in [0, 0.1) is 0 Å². The van der Waals surface area contributed by atoms with Crippen molar-refractivity contribution < 1.29 is 4.52 Å². The molecule has 0 heterocycles. The molecule has 0 amide bonds. The van der Waals surface area contributed by atoms with Gasteiger partial charge in [0, 0.05) is 10.6 Å². The highest BCUT2D eigenvalue weighted by Crippen LogP contribution is 2.45. The summed E-state index contributed by atoms with van der Waals surface area (Å²) in [6, 6.07) is 30.5. The molecule has 0 bridgehead atoms. The molecule has 110 valence electrons. The predicted molar refractivity (Wildman–Crippen MR) is 97.7 cm³/mol. The van der Waals surface area contributed by atoms with Crippen LogP contribution in [-0.2, 0) is 22.9 Å². The first-order valence-electron chi connectivity index (χ1n) is 7.19. The molecule has 1 nitrogen and oxygen atoms in total. The van der Waals surface area contributed by atoms with Gasteiger partial charge in [-0.25, -0.2) is 0 Å². The van der Waals surface area contributed by atoms with E-state index >= 15 is 0 Å². The Balaban J connectivity index is 1.95. The summed E-state index contributed by atoms with van der Waals surface area (Å²) in [6.45, 7) is 0.530. The number of benzene rings is 3. The molecule has 0 unspecified atom stereocenters. The lowest BCUT2D eigenvalue weighted by atomic mass is 10.2. The van der Waals surface area contributed by atoms with E-state index in [0.717, 1.165) is 16.2 Å². The van der Waals surface area contributed by atoms with Crippen molar-refractivity contribution >= 4 is 28.7 Å². The van der Waals surface area contributed by atoms with Gasteiger partial charge in [-0.05, 0) is 5.56 Å². The van der Waals surface area contributed by atoms with Crippen LogP contribution < -0.4 is 10.6 Å². The lowest BCUT2D eigenvalue weighted by Crippen LogP contribution is -2.17. The molecular weight excluding hydrogens is 307 g/mol. The lowest BCUT2D eigenvalue weighted by molar-refractivity contribution is 0.349. The van der Waals surface area contributed by atoms with E-state index in [1.54, 1.807) is 0 Å². The molecule has 0 saturated carbocycles. The van der Waals surface area contributed by atoms with Gasteiger partial charge in [0.1, 0.15) is 6.26 Å². The first-order valence-corrected chi connectivity index (χ1v) is 9.91. The minimum Gasteiger partial charge on any atom is -0.338 e. The summed E-state index contributed by atoms with van der Waals surface area (Å²) in [5, 5.41) is 2.18. The van der Waals surface area contributed by atoms with Crippen molar-refractivity contribution in [1.82, 2.24) is 0 Å². The van der Waals surface area contributed by atoms with Gasteiger partial charge >= 0.3 is 0 Å². The molecule has 0 aliphatic heterocycles. The van der Waals surface area contributed by atoms with Crippen molar-refractivity contribution in [1.29, 1.82) is 0 Å². The molecule has 0 aliphatic rings. The van der Waals surface area contributed by atoms with E-state index in [-0.39, 0.29) is 0 Å². The van der Waals surface area contributed by atoms with Gasteiger partial charge in [0.25, 0.3) is 0 Å². The zero-order chi connectivity index (χ0) is 15.3. The van der Waals surface area contributed by atoms with Gasteiger partial charge in [-0.1, -0.05) is 103 Å². The zero-order valence-corrected chi connectivity index (χ0v) is 13.8. The van der Waals surface area contributed by atoms with Gasteiger partial charge in [0.05, 0.1) is 6.61 Å². The Morgan fingerprint density at radius 1 is 0.636 bits per heavy atom. The van der Waals surface area contributed by atoms with E-state index in [1.165, 1.54) is 0 Å². The van der Waals surface area contributed by atoms with Crippen molar-refractivity contribution in [2.24, 2.45) is 0 Å². The maximum Gasteiger partial charge on any atom is 0.123 e. The Kier molecular flexibility index (Phi) is 4.84. The standard InChI is InChI=1S/C19H17OPS/c22-21(18-12-6-2-7-13-18,19-14-8-3-9-15-19)20-16-17-10-4-1-5-11-17/h1-15H,16H2. The first-order chi connectivity index (χ1) is 10.8. The second-order valence-electron chi connectivity index (χ2n) is 4.98. The molecule has 3 rings (SSSR count). The van der Waals surface area contributed by atoms with Crippen molar-refractivity contribution in [2.75, 3.05) is 0 Å². The molecule has 0 aromatic heterocycles. The van der Waals surface area contributed by atoms with Gasteiger partial charge in [0.15, 0.2) is 0 Å². The highest BCUT2D eigenvalue weighted by Gasteiger charge is 2.23. The van der Waals surface area contributed by atoms with E-state index in [0.29, 0.717) is 6.61 Å². The maximum atomic E-state index is 6.31. The zero-order valence-electron chi connectivity index (χ0n) is 12.1. The van der Waals surface area contributed by atoms with Crippen molar-refractivity contribution in [3.8, 4) is 0 Å². The third-order valence-electron chi connectivity index (χ3n) is 3.45. The Morgan fingerprint density at radius 2 is 1.05 bits per heavy atom. The Labute approximate surface area is 136 Å². The molecule has 0 aliphatic carbocycles. The van der Waals surface area contributed by atoms with Gasteiger partial charge in [-0.15, -0.1) is 0 Å². The topological polar surface area (TPSA) is 9.23 Å². The number of rotatable bonds is 5. The van der Waals surface area contributed by atoms with E-state index in [2.05, 4.69) is 36.4 Å². The second-order valence-corrected chi connectivity index (χ2v) is 8.92. The van der Waals surface area contributed by atoms with Crippen LogP contribution in [0.25, 0.3) is 0 Å². The Bertz CT molecular complexity index is 714. The summed E-state index contributed by atoms with van der Waals surface area (Å²) in [7, 11) is 0. The molecule has 22 heavy (non-hydrogen) atoms. The molecule has 3 aromatic carbocycles. The molecule has 3 aromatic rings. The fourth-order valence-corrected chi connectivity index (χ4v) is 5.23. The normalized spacial score (nSPS) is 11.3. The quantitative estimate of drug-likeness (QED) is 0.649. The smallest absolute Gasteiger partial charge is 0.123 e. The minimum atomic E-state index is -2.26. The predicted octanol–water partition coefficient (Wildman–Crippen LogP) is 4.25. The van der Waals surface area contributed by atoms with Gasteiger partial charge in [-0.2, -0.15) is 0 Å². The third kappa shape index (κ3) is 3.36. The fraction of sp³-hybridized carbons (Fsp3) is 0.0526. The second kappa shape index (κ2) is 7.02. The first kappa shape index (κ1) is 15.2. The molecule has 0 N–H and O–H groups in total. The highest BCUT2D eigenvalue weighted by atomic mass is 32.4. The number of hydrogen-bond acceptors (Lipinski definition) is 2. The summed E-state index contributed by atoms with van der Waals surface area (Å²) < 4.78 is 6.31. The highest BCUT2D eigenvalue weighted by molar-refractivity contribution is 8.19. The maximum absolute atomic E-state index is 6.31. The van der Waals surface area contributed by atoms with Gasteiger partial charge < -0.3 is 4.52 Å². The summed E-state index contributed by atoms with van der Waals surface area (Å²) in [4.78, 5) is 0. The summed E-state index contributed by atoms with van der Waals surface area (Å²) >= 11 is 6.02. The monoisotopic (exact) mass is 324 g/mol. The average Bonchev–Trinajstić information content (AvgIpc) is 2.62. The Morgan fingerprint density at radius 3 is 1.50 bits per heavy atom. The van der Waals surface area contributed by atoms with Crippen LogP contribution >= 0.6 is 6.26 Å². The number of hydrogen-bond donors (Lipinski definition) is 0. The van der Waals surface area contributed by atoms with Crippen LogP contribution in [0.5, 0.6) is 0 Å². The molecule has 0 atom stereocenters. The van der Waals surface area contributed by atoms with Crippen molar-refractivity contribution in [2.45, 2.75) is 6.61 Å². The summed E-state index contributed by atoms with van der Waals surface area (Å²) in [5.74, 6) is 0. The molecule has 0 fully saturated rings. The van der Waals surface area contributed by atoms with Crippen LogP contribution in [0.1, 0.15) is 5.56 Å². The van der Waals surface area contributed by atoms with Crippen LogP contribution in [-0.4, -0.2) is 0 Å². The van der Waals surface area contributed by atoms with Gasteiger partial charge in [-0.3, -0.25) is 0 Å². The molecule has 0 radical (unpaired) electrons. The largest absolute Gasteiger partial charge is 0.338 e. The van der Waals surface area contributed by atoms with Crippen molar-refractivity contribution in [3.05, 3.63) is 96.6 Å². The van der Waals surface area contributed by atoms with E-state index < -0.39 is 6.26 Å². The van der Waals surface area contributed by atoms with E-state index in [4.69, 9.17) is 16.3 Å². The van der Waals surface area contributed by atoms with Crippen LogP contribution in [0.4, 0.5) is 0 Å². The molecule has 3 heteroatoms. The van der Waals surface area contributed by atoms with E-state index in [1.807, 2.05) is 54.6 Å². The fourth-order valence-electron chi connectivity index (χ4n) is 2.29. The van der Waals surface area contributed by atoms with Crippen molar-refractivity contribution in [3.63, 3.8) is 0 Å². The van der Waals surface area contributed by atoms with Crippen LogP contribution in [0.3, 0.4) is 0 Å². The minimum absolute atomic E-state index is 0.530. The Hall–Kier alpha value is -1.73.